The Balaban J connectivity index is 1.57. The highest BCUT2D eigenvalue weighted by Gasteiger charge is 2.35. The van der Waals surface area contributed by atoms with Gasteiger partial charge in [0.15, 0.2) is 16.3 Å². The monoisotopic (exact) mass is 671 g/mol. The molecule has 47 heavy (non-hydrogen) atoms. The number of halogens is 1. The van der Waals surface area contributed by atoms with Gasteiger partial charge in [-0.3, -0.25) is 19.5 Å². The van der Waals surface area contributed by atoms with Gasteiger partial charge in [-0.1, -0.05) is 59.3 Å². The van der Waals surface area contributed by atoms with Gasteiger partial charge in [0.05, 0.1) is 53.2 Å². The number of benzene rings is 3. The van der Waals surface area contributed by atoms with Crippen molar-refractivity contribution in [3.8, 4) is 22.8 Å². The molecule has 2 aromatic heterocycles. The van der Waals surface area contributed by atoms with Crippen molar-refractivity contribution < 1.29 is 28.3 Å². The molecule has 0 radical (unpaired) electrons. The van der Waals surface area contributed by atoms with E-state index in [-0.39, 0.29) is 44.5 Å². The van der Waals surface area contributed by atoms with Crippen molar-refractivity contribution in [2.75, 3.05) is 20.8 Å². The molecule has 1 aliphatic rings. The zero-order chi connectivity index (χ0) is 33.2. The number of methoxy groups -OCH3 is 2. The number of fused-ring (bicyclic) bond motifs is 1. The summed E-state index contributed by atoms with van der Waals surface area (Å²) in [5.74, 6) is 0.775. The molecule has 1 atom stereocenters. The Morgan fingerprint density at radius 3 is 2.53 bits per heavy atom. The number of nitro benzene ring substituents is 1. The number of ether oxygens (including phenoxy) is 3. The lowest BCUT2D eigenvalue weighted by molar-refractivity contribution is -0.384. The normalized spacial score (nSPS) is 14.4. The van der Waals surface area contributed by atoms with Crippen LogP contribution < -0.4 is 24.4 Å². The number of furan rings is 1. The molecule has 13 heteroatoms. The number of nitrogens with zero attached hydrogens (tertiary/aromatic N) is 3. The SMILES string of the molecule is CCOC(=O)C1=C(c2ccccc2)N=c2s/c(=C\c3ccc(-c4ccc(Cl)cc4[N+](=O)[O-])o3)c(=O)n2[C@H]1c1ccc(OC)c(OC)c1. The smallest absolute Gasteiger partial charge is 0.338 e. The molecule has 0 saturated carbocycles. The van der Waals surface area contributed by atoms with Crippen LogP contribution in [0.15, 0.2) is 98.6 Å². The largest absolute Gasteiger partial charge is 0.493 e. The fourth-order valence-electron chi connectivity index (χ4n) is 5.35. The number of carbonyl (C=O) groups is 1. The number of hydrogen-bond donors (Lipinski definition) is 0. The van der Waals surface area contributed by atoms with Crippen LogP contribution in [0.3, 0.4) is 0 Å². The van der Waals surface area contributed by atoms with E-state index in [9.17, 15) is 19.7 Å². The Morgan fingerprint density at radius 2 is 1.83 bits per heavy atom. The molecule has 6 rings (SSSR count). The highest BCUT2D eigenvalue weighted by molar-refractivity contribution is 7.07. The minimum atomic E-state index is -0.939. The molecule has 1 aliphatic heterocycles. The van der Waals surface area contributed by atoms with Gasteiger partial charge < -0.3 is 18.6 Å². The Kier molecular flexibility index (Phi) is 8.79. The third-order valence-corrected chi connectivity index (χ3v) is 8.64. The predicted octanol–water partition coefficient (Wildman–Crippen LogP) is 5.77. The number of esters is 1. The fraction of sp³-hybridized carbons (Fsp3) is 0.147. The Bertz CT molecular complexity index is 2240. The first-order valence-electron chi connectivity index (χ1n) is 14.3. The van der Waals surface area contributed by atoms with E-state index in [1.807, 2.05) is 30.3 Å². The second-order valence-corrected chi connectivity index (χ2v) is 11.6. The lowest BCUT2D eigenvalue weighted by Gasteiger charge is -2.26. The van der Waals surface area contributed by atoms with Crippen molar-refractivity contribution in [1.82, 2.24) is 4.57 Å². The lowest BCUT2D eigenvalue weighted by atomic mass is 9.93. The summed E-state index contributed by atoms with van der Waals surface area (Å²) in [7, 11) is 3.02. The number of hydrogen-bond acceptors (Lipinski definition) is 10. The van der Waals surface area contributed by atoms with Crippen LogP contribution in [-0.2, 0) is 9.53 Å². The van der Waals surface area contributed by atoms with Crippen molar-refractivity contribution in [2.24, 2.45) is 4.99 Å². The molecule has 0 fully saturated rings. The van der Waals surface area contributed by atoms with Crippen LogP contribution in [-0.4, -0.2) is 36.3 Å². The summed E-state index contributed by atoms with van der Waals surface area (Å²) < 4.78 is 24.2. The van der Waals surface area contributed by atoms with Gasteiger partial charge in [-0.2, -0.15) is 0 Å². The standard InChI is InChI=1S/C34H26ClN3O8S/c1-4-45-33(40)29-30(19-8-6-5-7-9-19)36-34-37(31(29)20-10-14-26(43-2)27(16-20)44-3)32(39)28(47-34)18-22-12-15-25(46-22)23-13-11-21(35)17-24(23)38(41)42/h5-18,31H,4H2,1-3H3/b28-18-/t31-/m0/s1. The fourth-order valence-corrected chi connectivity index (χ4v) is 6.49. The third-order valence-electron chi connectivity index (χ3n) is 7.42. The second-order valence-electron chi connectivity index (χ2n) is 10.2. The molecule has 3 aromatic carbocycles. The van der Waals surface area contributed by atoms with Gasteiger partial charge in [0.25, 0.3) is 11.2 Å². The molecule has 0 N–H and O–H groups in total. The van der Waals surface area contributed by atoms with Crippen molar-refractivity contribution in [1.29, 1.82) is 0 Å². The average Bonchev–Trinajstić information content (AvgIpc) is 3.67. The van der Waals surface area contributed by atoms with Gasteiger partial charge in [0.2, 0.25) is 0 Å². The summed E-state index contributed by atoms with van der Waals surface area (Å²) in [5.41, 5.74) is 1.37. The molecule has 0 amide bonds. The molecule has 0 aliphatic carbocycles. The highest BCUT2D eigenvalue weighted by Crippen LogP contribution is 2.39. The maximum Gasteiger partial charge on any atom is 0.338 e. The minimum Gasteiger partial charge on any atom is -0.493 e. The molecule has 0 saturated heterocycles. The van der Waals surface area contributed by atoms with E-state index in [1.54, 1.807) is 37.3 Å². The number of nitro groups is 1. The van der Waals surface area contributed by atoms with Crippen LogP contribution in [0.2, 0.25) is 5.02 Å². The van der Waals surface area contributed by atoms with E-state index in [2.05, 4.69) is 0 Å². The zero-order valence-electron chi connectivity index (χ0n) is 25.3. The third kappa shape index (κ3) is 5.96. The van der Waals surface area contributed by atoms with Crippen molar-refractivity contribution in [2.45, 2.75) is 13.0 Å². The molecule has 11 nitrogen and oxygen atoms in total. The number of carbonyl (C=O) groups excluding carboxylic acids is 1. The summed E-state index contributed by atoms with van der Waals surface area (Å²) in [6.45, 7) is 1.82. The zero-order valence-corrected chi connectivity index (χ0v) is 26.8. The van der Waals surface area contributed by atoms with E-state index in [4.69, 9.17) is 35.2 Å². The van der Waals surface area contributed by atoms with E-state index >= 15 is 0 Å². The van der Waals surface area contributed by atoms with Gasteiger partial charge >= 0.3 is 5.97 Å². The quantitative estimate of drug-likeness (QED) is 0.109. The van der Waals surface area contributed by atoms with Gasteiger partial charge in [0.1, 0.15) is 11.5 Å². The van der Waals surface area contributed by atoms with Crippen molar-refractivity contribution in [3.05, 3.63) is 136 Å². The summed E-state index contributed by atoms with van der Waals surface area (Å²) in [4.78, 5) is 44.2. The van der Waals surface area contributed by atoms with Crippen LogP contribution in [0.1, 0.15) is 29.9 Å². The van der Waals surface area contributed by atoms with Gasteiger partial charge in [-0.15, -0.1) is 0 Å². The minimum absolute atomic E-state index is 0.111. The molecule has 0 bridgehead atoms. The van der Waals surface area contributed by atoms with E-state index < -0.39 is 22.5 Å². The van der Waals surface area contributed by atoms with E-state index in [0.717, 1.165) is 11.3 Å². The first kappa shape index (κ1) is 31.5. The molecular weight excluding hydrogens is 646 g/mol. The summed E-state index contributed by atoms with van der Waals surface area (Å²) in [5, 5.41) is 11.9. The van der Waals surface area contributed by atoms with Gasteiger partial charge in [-0.25, -0.2) is 9.79 Å². The predicted molar refractivity (Wildman–Crippen MR) is 176 cm³/mol. The molecule has 0 unspecified atom stereocenters. The second kappa shape index (κ2) is 13.1. The highest BCUT2D eigenvalue weighted by atomic mass is 35.5. The number of thiazole rings is 1. The number of rotatable bonds is 9. The van der Waals surface area contributed by atoms with Gasteiger partial charge in [0, 0.05) is 22.7 Å². The Morgan fingerprint density at radius 1 is 1.06 bits per heavy atom. The molecule has 3 heterocycles. The van der Waals surface area contributed by atoms with Crippen molar-refractivity contribution in [3.63, 3.8) is 0 Å². The average molecular weight is 672 g/mol. The number of aromatic nitrogens is 1. The Hall–Kier alpha value is -5.46. The topological polar surface area (TPSA) is 135 Å². The molecule has 0 spiro atoms. The van der Waals surface area contributed by atoms with Crippen LogP contribution >= 0.6 is 22.9 Å². The Labute approximate surface area is 276 Å². The van der Waals surface area contributed by atoms with Crippen molar-refractivity contribution >= 4 is 46.4 Å². The van der Waals surface area contributed by atoms with Crippen LogP contribution in [0, 0.1) is 10.1 Å². The van der Waals surface area contributed by atoms with Gasteiger partial charge in [-0.05, 0) is 48.9 Å². The van der Waals surface area contributed by atoms with E-state index in [0.29, 0.717) is 33.1 Å². The van der Waals surface area contributed by atoms with Crippen LogP contribution in [0.5, 0.6) is 11.5 Å². The molecule has 238 valence electrons. The lowest BCUT2D eigenvalue weighted by Crippen LogP contribution is -2.40. The first-order chi connectivity index (χ1) is 22.7. The van der Waals surface area contributed by atoms with E-state index in [1.165, 1.54) is 43.1 Å². The van der Waals surface area contributed by atoms with Crippen LogP contribution in [0.25, 0.3) is 23.1 Å². The first-order valence-corrected chi connectivity index (χ1v) is 15.5. The maximum atomic E-state index is 14.2. The maximum absolute atomic E-state index is 14.2. The summed E-state index contributed by atoms with van der Waals surface area (Å²) in [6.07, 6.45) is 1.54. The van der Waals surface area contributed by atoms with Crippen LogP contribution in [0.4, 0.5) is 5.69 Å². The summed E-state index contributed by atoms with van der Waals surface area (Å²) >= 11 is 7.10. The summed E-state index contributed by atoms with van der Waals surface area (Å²) in [6, 6.07) is 20.9. The molecule has 5 aromatic rings. The molecular formula is C34H26ClN3O8S.